The first-order chi connectivity index (χ1) is 18.8. The fourth-order valence-corrected chi connectivity index (χ4v) is 5.84. The molecule has 9 heteroatoms. The Morgan fingerprint density at radius 3 is 2.38 bits per heavy atom. The number of ether oxygens (including phenoxy) is 3. The molecule has 0 amide bonds. The fourth-order valence-electron chi connectivity index (χ4n) is 5.84. The number of cyclic esters (lactones) is 1. The Bertz CT molecular complexity index is 902. The minimum Gasteiger partial charge on any atom is -0.462 e. The molecule has 0 radical (unpaired) electrons. The lowest BCUT2D eigenvalue weighted by Gasteiger charge is -2.44. The standard InChI is InChI=1S/C31H51NO8/c1-9-27-20(4)14-18(2)10-11-25(34)19(3)15-23(12-13-33)30(22(6)26(35)17-28(36)39-27)40-31-29(37)24(32(7)8)16-21(5)38-31/h10-11,13-14,19-24,26-27,29-31,35,37H,9,12,15-17H2,1-8H3/b11-10+,18-14+/t19?,20?,21-,22?,23?,24+,26?,27?,29-,30?,31+/m1/s1. The molecular weight excluding hydrogens is 514 g/mol. The minimum absolute atomic E-state index is 0.0796. The van der Waals surface area contributed by atoms with E-state index < -0.39 is 48.3 Å². The number of aldehydes is 1. The van der Waals surface area contributed by atoms with Crippen molar-refractivity contribution in [2.45, 2.75) is 116 Å². The molecule has 40 heavy (non-hydrogen) atoms. The molecule has 11 atom stereocenters. The Kier molecular flexibility index (Phi) is 13.6. The molecule has 2 rings (SSSR count). The zero-order chi connectivity index (χ0) is 30.1. The lowest BCUT2D eigenvalue weighted by atomic mass is 9.79. The summed E-state index contributed by atoms with van der Waals surface area (Å²) in [6, 6.07) is -0.213. The molecule has 0 bridgehead atoms. The zero-order valence-electron chi connectivity index (χ0n) is 25.5. The predicted molar refractivity (Wildman–Crippen MR) is 152 cm³/mol. The van der Waals surface area contributed by atoms with Gasteiger partial charge in [-0.25, -0.2) is 0 Å². The number of likely N-dealkylation sites (N-methyl/N-ethyl adjacent to an activating group) is 1. The third-order valence-corrected chi connectivity index (χ3v) is 8.38. The molecule has 0 aromatic carbocycles. The summed E-state index contributed by atoms with van der Waals surface area (Å²) in [7, 11) is 3.76. The lowest BCUT2D eigenvalue weighted by molar-refractivity contribution is -0.283. The summed E-state index contributed by atoms with van der Waals surface area (Å²) in [5, 5.41) is 22.3. The highest BCUT2D eigenvalue weighted by atomic mass is 16.7. The van der Waals surface area contributed by atoms with Gasteiger partial charge in [-0.2, -0.15) is 0 Å². The molecule has 1 fully saturated rings. The van der Waals surface area contributed by atoms with Crippen molar-refractivity contribution in [1.29, 1.82) is 0 Å². The van der Waals surface area contributed by atoms with Crippen LogP contribution in [0.5, 0.6) is 0 Å². The SMILES string of the molecule is CCC1OC(=O)CC(O)C(C)C(O[C@@H]2O[C@H](C)C[C@H](N(C)C)[C@H]2O)C(CC=O)CC(C)C(=O)/C=C/C(C)=C/C1C. The number of aliphatic hydroxyl groups is 2. The average Bonchev–Trinajstić information content (AvgIpc) is 2.88. The van der Waals surface area contributed by atoms with Gasteiger partial charge in [-0.15, -0.1) is 0 Å². The van der Waals surface area contributed by atoms with E-state index in [4.69, 9.17) is 14.2 Å². The first-order valence-electron chi connectivity index (χ1n) is 14.7. The van der Waals surface area contributed by atoms with Gasteiger partial charge in [0.25, 0.3) is 0 Å². The highest BCUT2D eigenvalue weighted by molar-refractivity contribution is 5.91. The van der Waals surface area contributed by atoms with Crippen molar-refractivity contribution in [1.82, 2.24) is 4.90 Å². The Balaban J connectivity index is 2.48. The molecule has 2 heterocycles. The van der Waals surface area contributed by atoms with Crippen LogP contribution in [0.4, 0.5) is 0 Å². The maximum Gasteiger partial charge on any atom is 0.308 e. The first kappa shape index (κ1) is 34.3. The van der Waals surface area contributed by atoms with E-state index in [1.807, 2.05) is 59.7 Å². The number of carbonyl (C=O) groups excluding carboxylic acids is 3. The van der Waals surface area contributed by atoms with Crippen LogP contribution in [0.25, 0.3) is 0 Å². The van der Waals surface area contributed by atoms with E-state index in [0.29, 0.717) is 19.3 Å². The number of hydrogen-bond donors (Lipinski definition) is 2. The zero-order valence-corrected chi connectivity index (χ0v) is 25.5. The van der Waals surface area contributed by atoms with Gasteiger partial charge in [0, 0.05) is 30.2 Å². The number of aliphatic hydroxyl groups excluding tert-OH is 2. The summed E-state index contributed by atoms with van der Waals surface area (Å²) < 4.78 is 18.2. The van der Waals surface area contributed by atoms with Crippen molar-refractivity contribution in [2.75, 3.05) is 14.1 Å². The van der Waals surface area contributed by atoms with E-state index in [-0.39, 0.29) is 42.8 Å². The molecular formula is C31H51NO8. The highest BCUT2D eigenvalue weighted by Gasteiger charge is 2.43. The average molecular weight is 566 g/mol. The number of allylic oxidation sites excluding steroid dienone is 3. The number of esters is 1. The third-order valence-electron chi connectivity index (χ3n) is 8.38. The topological polar surface area (TPSA) is 123 Å². The monoisotopic (exact) mass is 565 g/mol. The molecule has 0 saturated carbocycles. The molecule has 0 aliphatic carbocycles. The summed E-state index contributed by atoms with van der Waals surface area (Å²) in [4.78, 5) is 39.7. The van der Waals surface area contributed by atoms with Gasteiger partial charge < -0.3 is 34.1 Å². The minimum atomic E-state index is -1.14. The Morgan fingerprint density at radius 2 is 1.77 bits per heavy atom. The van der Waals surface area contributed by atoms with Gasteiger partial charge in [-0.05, 0) is 59.2 Å². The van der Waals surface area contributed by atoms with Crippen molar-refractivity contribution in [3.63, 3.8) is 0 Å². The van der Waals surface area contributed by atoms with Gasteiger partial charge in [-0.1, -0.05) is 45.4 Å². The smallest absolute Gasteiger partial charge is 0.308 e. The van der Waals surface area contributed by atoms with Gasteiger partial charge in [0.15, 0.2) is 12.1 Å². The summed E-state index contributed by atoms with van der Waals surface area (Å²) >= 11 is 0. The second kappa shape index (κ2) is 15.9. The molecule has 9 nitrogen and oxygen atoms in total. The van der Waals surface area contributed by atoms with E-state index in [0.717, 1.165) is 11.9 Å². The van der Waals surface area contributed by atoms with Crippen molar-refractivity contribution in [2.24, 2.45) is 23.7 Å². The van der Waals surface area contributed by atoms with E-state index >= 15 is 0 Å². The number of hydrogen-bond acceptors (Lipinski definition) is 9. The molecule has 0 spiro atoms. The third kappa shape index (κ3) is 9.58. The first-order valence-corrected chi connectivity index (χ1v) is 14.7. The van der Waals surface area contributed by atoms with Gasteiger partial charge in [0.2, 0.25) is 0 Å². The maximum atomic E-state index is 13.1. The van der Waals surface area contributed by atoms with E-state index in [2.05, 4.69) is 0 Å². The van der Waals surface area contributed by atoms with Gasteiger partial charge in [-0.3, -0.25) is 9.59 Å². The van der Waals surface area contributed by atoms with Crippen molar-refractivity contribution in [3.8, 4) is 0 Å². The molecule has 0 aromatic rings. The molecule has 2 aliphatic rings. The summed E-state index contributed by atoms with van der Waals surface area (Å²) in [5.41, 5.74) is 0.877. The van der Waals surface area contributed by atoms with Gasteiger partial charge in [0.05, 0.1) is 24.7 Å². The van der Waals surface area contributed by atoms with E-state index in [1.165, 1.54) is 0 Å². The molecule has 7 unspecified atom stereocenters. The van der Waals surface area contributed by atoms with Crippen LogP contribution in [-0.4, -0.2) is 90.1 Å². The number of rotatable bonds is 6. The molecule has 2 aliphatic heterocycles. The Hall–Kier alpha value is -1.91. The molecule has 1 saturated heterocycles. The van der Waals surface area contributed by atoms with Crippen LogP contribution in [0, 0.1) is 23.7 Å². The van der Waals surface area contributed by atoms with Crippen LogP contribution in [0.2, 0.25) is 0 Å². The van der Waals surface area contributed by atoms with Crippen LogP contribution in [0.1, 0.15) is 73.6 Å². The number of nitrogens with zero attached hydrogens (tertiary/aromatic N) is 1. The second-order valence-corrected chi connectivity index (χ2v) is 12.0. The van der Waals surface area contributed by atoms with Crippen molar-refractivity contribution >= 4 is 18.0 Å². The summed E-state index contributed by atoms with van der Waals surface area (Å²) in [6.07, 6.45) is 2.94. The van der Waals surface area contributed by atoms with Crippen LogP contribution in [0.15, 0.2) is 23.8 Å². The van der Waals surface area contributed by atoms with Crippen LogP contribution in [-0.2, 0) is 28.6 Å². The van der Waals surface area contributed by atoms with Crippen LogP contribution >= 0.6 is 0 Å². The van der Waals surface area contributed by atoms with Crippen molar-refractivity contribution < 1.29 is 38.8 Å². The van der Waals surface area contributed by atoms with Crippen molar-refractivity contribution in [3.05, 3.63) is 23.8 Å². The predicted octanol–water partition coefficient (Wildman–Crippen LogP) is 3.46. The summed E-state index contributed by atoms with van der Waals surface area (Å²) in [5.74, 6) is -2.20. The number of carbonyl (C=O) groups is 3. The van der Waals surface area contributed by atoms with Gasteiger partial charge in [0.1, 0.15) is 18.5 Å². The van der Waals surface area contributed by atoms with Crippen LogP contribution < -0.4 is 0 Å². The Morgan fingerprint density at radius 1 is 1.10 bits per heavy atom. The largest absolute Gasteiger partial charge is 0.462 e. The fraction of sp³-hybridized carbons (Fsp3) is 0.774. The molecule has 2 N–H and O–H groups in total. The second-order valence-electron chi connectivity index (χ2n) is 12.0. The highest BCUT2D eigenvalue weighted by Crippen LogP contribution is 2.34. The van der Waals surface area contributed by atoms with E-state index in [1.54, 1.807) is 19.1 Å². The normalized spacial score (nSPS) is 41.2. The number of ketones is 1. The van der Waals surface area contributed by atoms with E-state index in [9.17, 15) is 24.6 Å². The summed E-state index contributed by atoms with van der Waals surface area (Å²) in [6.45, 7) is 11.3. The quantitative estimate of drug-likeness (QED) is 0.368. The Labute approximate surface area is 239 Å². The van der Waals surface area contributed by atoms with Crippen LogP contribution in [0.3, 0.4) is 0 Å². The van der Waals surface area contributed by atoms with Gasteiger partial charge >= 0.3 is 5.97 Å². The molecule has 0 aromatic heterocycles. The lowest BCUT2D eigenvalue weighted by Crippen LogP contribution is -2.56. The maximum absolute atomic E-state index is 13.1. The molecule has 228 valence electrons.